The Balaban J connectivity index is 1.37. The standard InChI is InChI=1S/C23H16BrN3O4S/c24-21-18-3-1-2-4-19(18)32-22(21)23(29)26-16-9-7-15(8-10-16)25-20(28)13-14-5-11-17(12-6-14)27(30)31/h1-12H,13H2,(H,25,28)(H,26,29). The van der Waals surface area contributed by atoms with Crippen molar-refractivity contribution in [2.45, 2.75) is 6.42 Å². The number of carbonyl (C=O) groups is 2. The molecular formula is C23H16BrN3O4S. The smallest absolute Gasteiger partial charge is 0.269 e. The molecule has 0 aliphatic carbocycles. The number of carbonyl (C=O) groups excluding carboxylic acids is 2. The molecule has 0 unspecified atom stereocenters. The molecule has 3 aromatic carbocycles. The largest absolute Gasteiger partial charge is 0.326 e. The SMILES string of the molecule is O=C(Cc1ccc([N+](=O)[O-])cc1)Nc1ccc(NC(=O)c2sc3ccccc3c2Br)cc1. The van der Waals surface area contributed by atoms with Crippen molar-refractivity contribution in [1.29, 1.82) is 0 Å². The zero-order valence-electron chi connectivity index (χ0n) is 16.5. The maximum absolute atomic E-state index is 12.7. The molecule has 0 saturated carbocycles. The molecule has 0 aliphatic heterocycles. The number of nitro benzene ring substituents is 1. The van der Waals surface area contributed by atoms with Crippen molar-refractivity contribution in [3.63, 3.8) is 0 Å². The van der Waals surface area contributed by atoms with Crippen LogP contribution in [0.5, 0.6) is 0 Å². The van der Waals surface area contributed by atoms with E-state index in [0.717, 1.165) is 14.6 Å². The fourth-order valence-electron chi connectivity index (χ4n) is 3.11. The van der Waals surface area contributed by atoms with Crippen LogP contribution < -0.4 is 10.6 Å². The van der Waals surface area contributed by atoms with E-state index < -0.39 is 4.92 Å². The van der Waals surface area contributed by atoms with Gasteiger partial charge >= 0.3 is 0 Å². The fourth-order valence-corrected chi connectivity index (χ4v) is 5.00. The molecule has 0 fully saturated rings. The number of nitrogens with one attached hydrogen (secondary N) is 2. The van der Waals surface area contributed by atoms with Gasteiger partial charge in [-0.25, -0.2) is 0 Å². The molecule has 4 aromatic rings. The number of amides is 2. The number of nitrogens with zero attached hydrogens (tertiary/aromatic N) is 1. The van der Waals surface area contributed by atoms with Gasteiger partial charge < -0.3 is 10.6 Å². The first-order valence-electron chi connectivity index (χ1n) is 9.52. The Hall–Kier alpha value is -3.56. The summed E-state index contributed by atoms with van der Waals surface area (Å²) in [6.45, 7) is 0. The summed E-state index contributed by atoms with van der Waals surface area (Å²) in [7, 11) is 0. The first-order valence-corrected chi connectivity index (χ1v) is 11.1. The molecule has 0 bridgehead atoms. The third kappa shape index (κ3) is 4.84. The molecule has 1 heterocycles. The Bertz CT molecular complexity index is 1320. The Morgan fingerprint density at radius 1 is 0.906 bits per heavy atom. The number of fused-ring (bicyclic) bond motifs is 1. The van der Waals surface area contributed by atoms with Crippen LogP contribution in [-0.4, -0.2) is 16.7 Å². The third-order valence-electron chi connectivity index (χ3n) is 4.68. The van der Waals surface area contributed by atoms with Gasteiger partial charge in [-0.05, 0) is 51.8 Å². The van der Waals surface area contributed by atoms with Gasteiger partial charge in [0.25, 0.3) is 11.6 Å². The number of thiophene rings is 1. The minimum Gasteiger partial charge on any atom is -0.326 e. The lowest BCUT2D eigenvalue weighted by Gasteiger charge is -2.08. The Morgan fingerprint density at radius 3 is 2.16 bits per heavy atom. The van der Waals surface area contributed by atoms with Gasteiger partial charge in [0, 0.05) is 38.1 Å². The van der Waals surface area contributed by atoms with Gasteiger partial charge in [0.15, 0.2) is 0 Å². The maximum Gasteiger partial charge on any atom is 0.269 e. The molecule has 4 rings (SSSR count). The van der Waals surface area contributed by atoms with Gasteiger partial charge in [-0.2, -0.15) is 0 Å². The molecule has 9 heteroatoms. The highest BCUT2D eigenvalue weighted by molar-refractivity contribution is 9.10. The zero-order chi connectivity index (χ0) is 22.7. The van der Waals surface area contributed by atoms with Crippen molar-refractivity contribution in [3.05, 3.63) is 97.8 Å². The van der Waals surface area contributed by atoms with Gasteiger partial charge in [-0.1, -0.05) is 30.3 Å². The highest BCUT2D eigenvalue weighted by Gasteiger charge is 2.16. The van der Waals surface area contributed by atoms with E-state index in [1.54, 1.807) is 36.4 Å². The average molecular weight is 510 g/mol. The van der Waals surface area contributed by atoms with Crippen LogP contribution in [-0.2, 0) is 11.2 Å². The summed E-state index contributed by atoms with van der Waals surface area (Å²) in [6, 6.07) is 20.5. The molecule has 0 radical (unpaired) electrons. The highest BCUT2D eigenvalue weighted by Crippen LogP contribution is 2.35. The summed E-state index contributed by atoms with van der Waals surface area (Å²) in [4.78, 5) is 35.8. The van der Waals surface area contributed by atoms with E-state index in [1.165, 1.54) is 23.5 Å². The van der Waals surface area contributed by atoms with E-state index in [-0.39, 0.29) is 23.9 Å². The molecule has 0 spiro atoms. The molecule has 1 aromatic heterocycles. The van der Waals surface area contributed by atoms with Crippen molar-refractivity contribution in [1.82, 2.24) is 0 Å². The van der Waals surface area contributed by atoms with Crippen LogP contribution in [0, 0.1) is 10.1 Å². The van der Waals surface area contributed by atoms with Gasteiger partial charge in [0.2, 0.25) is 5.91 Å². The summed E-state index contributed by atoms with van der Waals surface area (Å²) < 4.78 is 1.79. The quantitative estimate of drug-likeness (QED) is 0.245. The number of nitro groups is 1. The molecule has 160 valence electrons. The van der Waals surface area contributed by atoms with E-state index in [2.05, 4.69) is 26.6 Å². The van der Waals surface area contributed by atoms with Gasteiger partial charge in [0.05, 0.1) is 11.3 Å². The van der Waals surface area contributed by atoms with Gasteiger partial charge in [0.1, 0.15) is 4.88 Å². The Kier molecular flexibility index (Phi) is 6.29. The van der Waals surface area contributed by atoms with Gasteiger partial charge in [-0.3, -0.25) is 19.7 Å². The third-order valence-corrected chi connectivity index (χ3v) is 6.94. The molecule has 0 saturated heterocycles. The molecule has 32 heavy (non-hydrogen) atoms. The lowest BCUT2D eigenvalue weighted by molar-refractivity contribution is -0.384. The van der Waals surface area contributed by atoms with E-state index in [9.17, 15) is 19.7 Å². The first-order chi connectivity index (χ1) is 15.4. The molecule has 2 amide bonds. The summed E-state index contributed by atoms with van der Waals surface area (Å²) >= 11 is 4.92. The zero-order valence-corrected chi connectivity index (χ0v) is 18.9. The van der Waals surface area contributed by atoms with Crippen LogP contribution in [0.2, 0.25) is 0 Å². The molecule has 7 nitrogen and oxygen atoms in total. The average Bonchev–Trinajstić information content (AvgIpc) is 3.12. The van der Waals surface area contributed by atoms with Crippen molar-refractivity contribution in [2.24, 2.45) is 0 Å². The molecule has 2 N–H and O–H groups in total. The maximum atomic E-state index is 12.7. The first kappa shape index (κ1) is 21.7. The topological polar surface area (TPSA) is 101 Å². The number of hydrogen-bond donors (Lipinski definition) is 2. The van der Waals surface area contributed by atoms with Crippen molar-refractivity contribution >= 4 is 66.2 Å². The summed E-state index contributed by atoms with van der Waals surface area (Å²) in [6.07, 6.45) is 0.0937. The van der Waals surface area contributed by atoms with Crippen LogP contribution in [0.25, 0.3) is 10.1 Å². The number of non-ortho nitro benzene ring substituents is 1. The number of hydrogen-bond acceptors (Lipinski definition) is 5. The van der Waals surface area contributed by atoms with Crippen LogP contribution in [0.1, 0.15) is 15.2 Å². The normalized spacial score (nSPS) is 10.7. The Labute approximate surface area is 195 Å². The summed E-state index contributed by atoms with van der Waals surface area (Å²) in [5, 5.41) is 17.3. The number of benzene rings is 3. The minimum absolute atomic E-state index is 0.0190. The molecule has 0 aliphatic rings. The lowest BCUT2D eigenvalue weighted by atomic mass is 10.1. The fraction of sp³-hybridized carbons (Fsp3) is 0.0435. The molecular weight excluding hydrogens is 494 g/mol. The second-order valence-electron chi connectivity index (χ2n) is 6.92. The second kappa shape index (κ2) is 9.29. The molecule has 0 atom stereocenters. The van der Waals surface area contributed by atoms with Crippen LogP contribution in [0.3, 0.4) is 0 Å². The van der Waals surface area contributed by atoms with E-state index in [1.807, 2.05) is 24.3 Å². The van der Waals surface area contributed by atoms with E-state index in [0.29, 0.717) is 21.8 Å². The van der Waals surface area contributed by atoms with E-state index >= 15 is 0 Å². The second-order valence-corrected chi connectivity index (χ2v) is 8.77. The summed E-state index contributed by atoms with van der Waals surface area (Å²) in [5.74, 6) is -0.460. The van der Waals surface area contributed by atoms with E-state index in [4.69, 9.17) is 0 Å². The van der Waals surface area contributed by atoms with Crippen molar-refractivity contribution < 1.29 is 14.5 Å². The van der Waals surface area contributed by atoms with Crippen LogP contribution >= 0.6 is 27.3 Å². The summed E-state index contributed by atoms with van der Waals surface area (Å²) in [5.41, 5.74) is 1.84. The number of anilines is 2. The number of rotatable bonds is 6. The number of halogens is 1. The Morgan fingerprint density at radius 2 is 1.53 bits per heavy atom. The van der Waals surface area contributed by atoms with Crippen LogP contribution in [0.15, 0.2) is 77.3 Å². The minimum atomic E-state index is -0.482. The lowest BCUT2D eigenvalue weighted by Crippen LogP contribution is -2.14. The highest BCUT2D eigenvalue weighted by atomic mass is 79.9. The predicted molar refractivity (Wildman–Crippen MR) is 129 cm³/mol. The van der Waals surface area contributed by atoms with Crippen molar-refractivity contribution in [2.75, 3.05) is 10.6 Å². The van der Waals surface area contributed by atoms with Crippen LogP contribution in [0.4, 0.5) is 17.1 Å². The monoisotopic (exact) mass is 509 g/mol. The van der Waals surface area contributed by atoms with Crippen molar-refractivity contribution in [3.8, 4) is 0 Å². The van der Waals surface area contributed by atoms with Gasteiger partial charge in [-0.15, -0.1) is 11.3 Å². The predicted octanol–water partition coefficient (Wildman–Crippen LogP) is 6.01.